The molecule has 1 saturated heterocycles. The van der Waals surface area contributed by atoms with Gasteiger partial charge >= 0.3 is 13.7 Å². The third-order valence-corrected chi connectivity index (χ3v) is 8.61. The number of amides is 1. The van der Waals surface area contributed by atoms with E-state index in [9.17, 15) is 37.9 Å². The van der Waals surface area contributed by atoms with E-state index in [0.717, 1.165) is 11.6 Å². The predicted octanol–water partition coefficient (Wildman–Crippen LogP) is 3.24. The fraction of sp³-hybridized carbons (Fsp3) is 0.444. The second-order valence-electron chi connectivity index (χ2n) is 10.3. The molecular formula is C27H30ClF2N2O10P. The summed E-state index contributed by atoms with van der Waals surface area (Å²) in [5, 5.41) is 24.8. The van der Waals surface area contributed by atoms with Crippen molar-refractivity contribution in [2.24, 2.45) is 0 Å². The van der Waals surface area contributed by atoms with Crippen LogP contribution in [0, 0.1) is 0 Å². The Kier molecular flexibility index (Phi) is 9.92. The summed E-state index contributed by atoms with van der Waals surface area (Å²) in [5.74, 6) is -2.53. The molecule has 43 heavy (non-hydrogen) atoms. The molecule has 2 aliphatic rings. The molecule has 2 aromatic carbocycles. The highest BCUT2D eigenvalue weighted by atomic mass is 35.5. The van der Waals surface area contributed by atoms with E-state index >= 15 is 0 Å². The van der Waals surface area contributed by atoms with Crippen molar-refractivity contribution in [3.8, 4) is 5.75 Å². The number of allylic oxidation sites excluding steroid dienone is 1. The highest BCUT2D eigenvalue weighted by molar-refractivity contribution is 7.52. The average Bonchev–Trinajstić information content (AvgIpc) is 3.19. The van der Waals surface area contributed by atoms with Gasteiger partial charge in [0.25, 0.3) is 6.43 Å². The number of carbonyl (C=O) groups excluding carboxylic acids is 3. The van der Waals surface area contributed by atoms with Gasteiger partial charge in [0.05, 0.1) is 19.1 Å². The number of fused-ring (bicyclic) bond motifs is 1. The fourth-order valence-electron chi connectivity index (χ4n) is 4.45. The molecule has 2 aliphatic heterocycles. The molecule has 1 amide bonds. The van der Waals surface area contributed by atoms with Gasteiger partial charge in [-0.25, -0.2) is 13.3 Å². The molecule has 12 nitrogen and oxygen atoms in total. The van der Waals surface area contributed by atoms with Gasteiger partial charge in [-0.3, -0.25) is 23.8 Å². The van der Waals surface area contributed by atoms with Gasteiger partial charge in [-0.2, -0.15) is 5.09 Å². The Morgan fingerprint density at radius 1 is 1.19 bits per heavy atom. The zero-order valence-electron chi connectivity index (χ0n) is 23.2. The number of carbonyl (C=O) groups is 3. The molecule has 3 N–H and O–H groups in total. The van der Waals surface area contributed by atoms with Gasteiger partial charge in [0, 0.05) is 6.20 Å². The predicted molar refractivity (Wildman–Crippen MR) is 148 cm³/mol. The highest BCUT2D eigenvalue weighted by Gasteiger charge is 2.63. The third kappa shape index (κ3) is 7.07. The normalized spacial score (nSPS) is 26.5. The Hall–Kier alpha value is -2.97. The van der Waals surface area contributed by atoms with Crippen LogP contribution in [0.25, 0.3) is 10.8 Å². The van der Waals surface area contributed by atoms with E-state index in [1.165, 1.54) is 19.1 Å². The summed E-state index contributed by atoms with van der Waals surface area (Å²) in [4.78, 5) is 37.3. The first-order valence-corrected chi connectivity index (χ1v) is 15.0. The SMILES string of the molecule is CC(C)OC(=O)[C@H](C)NP(=O)(OC[C@@]1(C(F)F)O[C@@H](N2C=C(Cl)C(=O)CC2=O)[C@@H](O)[C@@H]1O)Oc1ccc2ccccc2c1. The Labute approximate surface area is 250 Å². The number of Topliss-reactive ketones (excluding diaryl/α,β-unsaturated/α-hetero) is 1. The van der Waals surface area contributed by atoms with Crippen molar-refractivity contribution in [3.05, 3.63) is 53.7 Å². The van der Waals surface area contributed by atoms with Gasteiger partial charge in [-0.1, -0.05) is 41.9 Å². The van der Waals surface area contributed by atoms with Gasteiger partial charge < -0.3 is 24.2 Å². The van der Waals surface area contributed by atoms with Gasteiger partial charge in [0.1, 0.15) is 29.0 Å². The molecule has 0 saturated carbocycles. The van der Waals surface area contributed by atoms with Crippen LogP contribution in [0.4, 0.5) is 8.78 Å². The lowest BCUT2D eigenvalue weighted by atomic mass is 9.96. The van der Waals surface area contributed by atoms with Crippen molar-refractivity contribution in [2.75, 3.05) is 6.61 Å². The van der Waals surface area contributed by atoms with Gasteiger partial charge in [0.15, 0.2) is 17.6 Å². The number of nitrogens with one attached hydrogen (secondary N) is 1. The van der Waals surface area contributed by atoms with Crippen LogP contribution < -0.4 is 9.61 Å². The summed E-state index contributed by atoms with van der Waals surface area (Å²) in [6.45, 7) is 3.12. The number of alkyl halides is 2. The zero-order chi connectivity index (χ0) is 31.7. The molecular weight excluding hydrogens is 617 g/mol. The summed E-state index contributed by atoms with van der Waals surface area (Å²) in [6.07, 6.45) is -10.4. The maximum absolute atomic E-state index is 14.6. The Balaban J connectivity index is 1.63. The van der Waals surface area contributed by atoms with Gasteiger partial charge in [0.2, 0.25) is 5.91 Å². The molecule has 1 fully saturated rings. The Morgan fingerprint density at radius 2 is 1.86 bits per heavy atom. The van der Waals surface area contributed by atoms with Crippen molar-refractivity contribution < 1.29 is 56.5 Å². The summed E-state index contributed by atoms with van der Waals surface area (Å²) in [5.41, 5.74) is -3.04. The average molecular weight is 647 g/mol. The van der Waals surface area contributed by atoms with E-state index in [0.29, 0.717) is 10.3 Å². The van der Waals surface area contributed by atoms with Crippen LogP contribution in [0.15, 0.2) is 53.7 Å². The molecule has 2 heterocycles. The molecule has 16 heteroatoms. The maximum atomic E-state index is 14.6. The van der Waals surface area contributed by atoms with Crippen molar-refractivity contribution in [1.82, 2.24) is 9.99 Å². The van der Waals surface area contributed by atoms with Crippen LogP contribution >= 0.6 is 19.3 Å². The number of aliphatic hydroxyl groups excluding tert-OH is 2. The Bertz CT molecular complexity index is 1480. The second-order valence-corrected chi connectivity index (χ2v) is 12.4. The van der Waals surface area contributed by atoms with Crippen molar-refractivity contribution in [3.63, 3.8) is 0 Å². The molecule has 6 atom stereocenters. The minimum atomic E-state index is -4.75. The van der Waals surface area contributed by atoms with E-state index in [1.54, 1.807) is 38.1 Å². The summed E-state index contributed by atoms with van der Waals surface area (Å²) >= 11 is 5.81. The number of rotatable bonds is 11. The van der Waals surface area contributed by atoms with E-state index in [4.69, 9.17) is 30.1 Å². The third-order valence-electron chi connectivity index (χ3n) is 6.68. The highest BCUT2D eigenvalue weighted by Crippen LogP contribution is 2.49. The lowest BCUT2D eigenvalue weighted by Crippen LogP contribution is -2.53. The topological polar surface area (TPSA) is 161 Å². The monoisotopic (exact) mass is 646 g/mol. The van der Waals surface area contributed by atoms with Crippen molar-refractivity contribution in [2.45, 2.75) is 69.8 Å². The van der Waals surface area contributed by atoms with Gasteiger partial charge in [-0.15, -0.1) is 0 Å². The fourth-order valence-corrected chi connectivity index (χ4v) is 6.15. The molecule has 0 aromatic heterocycles. The number of ether oxygens (including phenoxy) is 2. The van der Waals surface area contributed by atoms with Crippen LogP contribution in [0.3, 0.4) is 0 Å². The molecule has 0 radical (unpaired) electrons. The Morgan fingerprint density at radius 3 is 2.51 bits per heavy atom. The number of halogens is 3. The first-order valence-electron chi connectivity index (χ1n) is 13.1. The molecule has 0 spiro atoms. The molecule has 1 unspecified atom stereocenters. The molecule has 0 bridgehead atoms. The van der Waals surface area contributed by atoms with Crippen LogP contribution in [0.5, 0.6) is 5.75 Å². The lowest BCUT2D eigenvalue weighted by Gasteiger charge is -2.34. The number of benzene rings is 2. The smallest absolute Gasteiger partial charge is 0.459 e. The minimum Gasteiger partial charge on any atom is -0.462 e. The molecule has 2 aromatic rings. The quantitative estimate of drug-likeness (QED) is 0.187. The number of hydrogen-bond donors (Lipinski definition) is 3. The second kappa shape index (κ2) is 12.9. The van der Waals surface area contributed by atoms with Crippen molar-refractivity contribution >= 4 is 47.8 Å². The van der Waals surface area contributed by atoms with Crippen LogP contribution in [-0.2, 0) is 32.9 Å². The first kappa shape index (κ1) is 32.9. The summed E-state index contributed by atoms with van der Waals surface area (Å²) in [6, 6.07) is 10.4. The first-order chi connectivity index (χ1) is 20.2. The van der Waals surface area contributed by atoms with E-state index < -0.39 is 86.1 Å². The van der Waals surface area contributed by atoms with Gasteiger partial charge in [-0.05, 0) is 43.7 Å². The summed E-state index contributed by atoms with van der Waals surface area (Å²) in [7, 11) is -4.75. The largest absolute Gasteiger partial charge is 0.462 e. The van der Waals surface area contributed by atoms with Crippen molar-refractivity contribution in [1.29, 1.82) is 0 Å². The lowest BCUT2D eigenvalue weighted by molar-refractivity contribution is -0.200. The number of ketones is 1. The number of hydrogen-bond acceptors (Lipinski definition) is 10. The number of esters is 1. The minimum absolute atomic E-state index is 0.0146. The standard InChI is InChI=1S/C27H30ClF2N2O10P/c1-14(2)40-25(37)15(3)31-43(38,42-18-9-8-16-6-4-5-7-17(16)10-18)39-13-27(26(29)30)23(36)22(35)24(41-27)32-12-19(28)20(33)11-21(32)34/h4-10,12,14-15,22-24,26,35-36H,11,13H2,1-3H3,(H,31,38)/t15-,22-,23-,24+,27+,43?/m0/s1. The van der Waals surface area contributed by atoms with Crippen LogP contribution in [0.2, 0.25) is 0 Å². The maximum Gasteiger partial charge on any atom is 0.459 e. The van der Waals surface area contributed by atoms with E-state index in [1.807, 2.05) is 6.07 Å². The molecule has 0 aliphatic carbocycles. The number of aliphatic hydroxyl groups is 2. The molecule has 4 rings (SSSR count). The summed E-state index contributed by atoms with van der Waals surface area (Å²) < 4.78 is 64.7. The number of nitrogens with zero attached hydrogens (tertiary/aromatic N) is 1. The van der Waals surface area contributed by atoms with Crippen LogP contribution in [0.1, 0.15) is 27.2 Å². The molecule has 234 valence electrons. The van der Waals surface area contributed by atoms with E-state index in [-0.39, 0.29) is 5.75 Å². The van der Waals surface area contributed by atoms with E-state index in [2.05, 4.69) is 5.09 Å². The zero-order valence-corrected chi connectivity index (χ0v) is 24.8. The van der Waals surface area contributed by atoms with Crippen LogP contribution in [-0.4, -0.2) is 82.0 Å².